The van der Waals surface area contributed by atoms with E-state index >= 15 is 0 Å². The predicted octanol–water partition coefficient (Wildman–Crippen LogP) is 4.05. The molecule has 1 aromatic carbocycles. The van der Waals surface area contributed by atoms with Gasteiger partial charge in [-0.3, -0.25) is 13.8 Å². The Hall–Kier alpha value is -2.17. The molecule has 1 heterocycles. The third kappa shape index (κ3) is 3.88. The van der Waals surface area contributed by atoms with Crippen molar-refractivity contribution in [3.63, 3.8) is 0 Å². The number of hydrogen-bond acceptors (Lipinski definition) is 8. The summed E-state index contributed by atoms with van der Waals surface area (Å²) in [4.78, 5) is 26.3. The molecule has 216 valence electrons. The Labute approximate surface area is 235 Å². The first-order valence-electron chi connectivity index (χ1n) is 14.1. The summed E-state index contributed by atoms with van der Waals surface area (Å²) in [5.74, 6) is -1.63. The first kappa shape index (κ1) is 28.0. The number of allylic oxidation sites excluding steroid dienone is 4. The van der Waals surface area contributed by atoms with Crippen LogP contribution in [0.2, 0.25) is 0 Å². The lowest BCUT2D eigenvalue weighted by Crippen LogP contribution is -2.64. The number of aliphatic hydroxyl groups is 1. The third-order valence-electron chi connectivity index (χ3n) is 10.6. The van der Waals surface area contributed by atoms with Crippen molar-refractivity contribution in [2.45, 2.75) is 88.8 Å². The van der Waals surface area contributed by atoms with Gasteiger partial charge in [0, 0.05) is 16.7 Å². The minimum Gasteiger partial charge on any atom is -0.393 e. The van der Waals surface area contributed by atoms with E-state index in [0.717, 1.165) is 24.0 Å². The van der Waals surface area contributed by atoms with E-state index < -0.39 is 56.9 Å². The molecule has 0 amide bonds. The Kier molecular flexibility index (Phi) is 6.23. The molecule has 4 aliphatic carbocycles. The summed E-state index contributed by atoms with van der Waals surface area (Å²) in [6.45, 7) is 8.77. The lowest BCUT2D eigenvalue weighted by atomic mass is 9.46. The van der Waals surface area contributed by atoms with E-state index in [1.807, 2.05) is 19.9 Å². The fourth-order valence-corrected chi connectivity index (χ4v) is 9.80. The molecule has 8 nitrogen and oxygen atoms in total. The fraction of sp³-hybridized carbons (Fsp3) is 0.613. The molecule has 1 aromatic rings. The first-order valence-corrected chi connectivity index (χ1v) is 15.5. The zero-order chi connectivity index (χ0) is 28.9. The fourth-order valence-electron chi connectivity index (χ4n) is 8.93. The van der Waals surface area contributed by atoms with Crippen LogP contribution in [-0.4, -0.2) is 55.3 Å². The number of hydrogen-bond donors (Lipinski definition) is 1. The number of aliphatic hydroxyl groups excluding tert-OH is 1. The van der Waals surface area contributed by atoms with Crippen LogP contribution in [0, 0.1) is 35.5 Å². The molecule has 8 atom stereocenters. The highest BCUT2D eigenvalue weighted by atomic mass is 32.2. The molecule has 6 rings (SSSR count). The van der Waals surface area contributed by atoms with Gasteiger partial charge in [0.2, 0.25) is 0 Å². The second-order valence-electron chi connectivity index (χ2n) is 13.2. The van der Waals surface area contributed by atoms with Crippen molar-refractivity contribution in [2.75, 3.05) is 6.61 Å². The molecule has 40 heavy (non-hydrogen) atoms. The van der Waals surface area contributed by atoms with Crippen LogP contribution in [0.15, 0.2) is 53.0 Å². The molecule has 0 bridgehead atoms. The van der Waals surface area contributed by atoms with Gasteiger partial charge in [-0.05, 0) is 82.6 Å². The molecular formula is C31H38O8S. The van der Waals surface area contributed by atoms with Crippen molar-refractivity contribution >= 4 is 21.7 Å². The zero-order valence-electron chi connectivity index (χ0n) is 23.7. The lowest BCUT2D eigenvalue weighted by molar-refractivity contribution is -0.225. The van der Waals surface area contributed by atoms with Crippen molar-refractivity contribution in [3.05, 3.63) is 53.6 Å². The van der Waals surface area contributed by atoms with Gasteiger partial charge in [-0.15, -0.1) is 0 Å². The van der Waals surface area contributed by atoms with Crippen molar-refractivity contribution in [1.82, 2.24) is 0 Å². The van der Waals surface area contributed by atoms with Gasteiger partial charge < -0.3 is 14.6 Å². The van der Waals surface area contributed by atoms with Crippen LogP contribution in [0.1, 0.15) is 58.9 Å². The average molecular weight is 571 g/mol. The van der Waals surface area contributed by atoms with Gasteiger partial charge in [0.25, 0.3) is 10.1 Å². The zero-order valence-corrected chi connectivity index (χ0v) is 24.5. The Bertz CT molecular complexity index is 1430. The summed E-state index contributed by atoms with van der Waals surface area (Å²) in [5.41, 5.74) is -0.768. The normalized spacial score (nSPS) is 41.5. The van der Waals surface area contributed by atoms with Crippen molar-refractivity contribution in [1.29, 1.82) is 0 Å². The largest absolute Gasteiger partial charge is 0.393 e. The van der Waals surface area contributed by atoms with Crippen molar-refractivity contribution in [2.24, 2.45) is 28.6 Å². The number of carbonyl (C=O) groups is 2. The molecule has 0 spiro atoms. The van der Waals surface area contributed by atoms with Gasteiger partial charge >= 0.3 is 0 Å². The number of aryl methyl sites for hydroxylation is 1. The summed E-state index contributed by atoms with van der Waals surface area (Å²) in [5, 5.41) is 11.8. The number of rotatable bonds is 5. The highest BCUT2D eigenvalue weighted by molar-refractivity contribution is 7.86. The summed E-state index contributed by atoms with van der Waals surface area (Å²) in [6, 6.07) is 6.26. The Balaban J connectivity index is 1.34. The molecule has 1 N–H and O–H groups in total. The molecule has 3 saturated carbocycles. The van der Waals surface area contributed by atoms with E-state index in [1.165, 1.54) is 12.1 Å². The maximum atomic E-state index is 14.2. The van der Waals surface area contributed by atoms with E-state index in [9.17, 15) is 23.1 Å². The molecule has 4 fully saturated rings. The molecule has 0 radical (unpaired) electrons. The number of Topliss-reactive ketones (excluding diaryl/α,β-unsaturated/α-hetero) is 1. The van der Waals surface area contributed by atoms with Gasteiger partial charge in [-0.1, -0.05) is 43.2 Å². The number of ketones is 2. The van der Waals surface area contributed by atoms with Crippen LogP contribution in [0.3, 0.4) is 0 Å². The smallest absolute Gasteiger partial charge is 0.297 e. The highest BCUT2D eigenvalue weighted by Gasteiger charge is 2.76. The van der Waals surface area contributed by atoms with Crippen LogP contribution in [0.4, 0.5) is 0 Å². The summed E-state index contributed by atoms with van der Waals surface area (Å²) in [7, 11) is -4.18. The van der Waals surface area contributed by atoms with Gasteiger partial charge in [-0.25, -0.2) is 0 Å². The first-order chi connectivity index (χ1) is 18.6. The Morgan fingerprint density at radius 3 is 2.55 bits per heavy atom. The second-order valence-corrected chi connectivity index (χ2v) is 14.9. The van der Waals surface area contributed by atoms with Crippen LogP contribution in [0.5, 0.6) is 0 Å². The van der Waals surface area contributed by atoms with Crippen LogP contribution in [-0.2, 0) is 33.4 Å². The maximum absolute atomic E-state index is 14.2. The van der Waals surface area contributed by atoms with E-state index in [2.05, 4.69) is 6.92 Å². The monoisotopic (exact) mass is 570 g/mol. The minimum absolute atomic E-state index is 0.0101. The molecule has 9 heteroatoms. The molecule has 0 unspecified atom stereocenters. The van der Waals surface area contributed by atoms with Gasteiger partial charge in [0.05, 0.1) is 17.1 Å². The van der Waals surface area contributed by atoms with Crippen LogP contribution < -0.4 is 0 Å². The summed E-state index contributed by atoms with van der Waals surface area (Å²) < 4.78 is 44.1. The highest BCUT2D eigenvalue weighted by Crippen LogP contribution is 2.70. The maximum Gasteiger partial charge on any atom is 0.297 e. The van der Waals surface area contributed by atoms with Crippen LogP contribution in [0.25, 0.3) is 0 Å². The van der Waals surface area contributed by atoms with Crippen molar-refractivity contribution < 1.29 is 36.8 Å². The standard InChI is InChI=1S/C31H38O8S/c1-18-6-9-21(10-7-18)40(35,36)37-17-25(34)31-26(38-28(2,3)39-31)15-23-22-11-8-19-14-20(32)12-13-29(19,4)27(22)24(33)16-30(23,31)5/h6-7,9-10,12-14,22-24,26-27,33H,8,11,15-17H2,1-5H3/t22-,23-,24-,26+,27+,29-,30-,31+/m0/s1. The Morgan fingerprint density at radius 2 is 1.85 bits per heavy atom. The quantitative estimate of drug-likeness (QED) is 0.527. The summed E-state index contributed by atoms with van der Waals surface area (Å²) in [6.07, 6.45) is 6.27. The van der Waals surface area contributed by atoms with Gasteiger partial charge in [0.15, 0.2) is 23.0 Å². The van der Waals surface area contributed by atoms with E-state index in [-0.39, 0.29) is 34.9 Å². The SMILES string of the molecule is Cc1ccc(S(=O)(=O)OCC(=O)[C@@]23OC(C)(C)O[C@@H]2C[C@H]2[C@@H]4CCC5=CC(=O)C=C[C@]5(C)[C@H]4[C@@H](O)C[C@@]23C)cc1. The predicted molar refractivity (Wildman–Crippen MR) is 145 cm³/mol. The Morgan fingerprint density at radius 1 is 1.15 bits per heavy atom. The molecule has 0 aromatic heterocycles. The average Bonchev–Trinajstić information content (AvgIpc) is 3.28. The number of carbonyl (C=O) groups excluding carboxylic acids is 2. The number of benzene rings is 1. The molecule has 1 aliphatic heterocycles. The summed E-state index contributed by atoms with van der Waals surface area (Å²) >= 11 is 0. The van der Waals surface area contributed by atoms with Crippen LogP contribution >= 0.6 is 0 Å². The lowest BCUT2D eigenvalue weighted by Gasteiger charge is -2.59. The molecule has 5 aliphatic rings. The van der Waals surface area contributed by atoms with Gasteiger partial charge in [0.1, 0.15) is 6.61 Å². The molecular weight excluding hydrogens is 532 g/mol. The number of ether oxygens (including phenoxy) is 2. The second kappa shape index (κ2) is 8.91. The molecule has 1 saturated heterocycles. The van der Waals surface area contributed by atoms with E-state index in [0.29, 0.717) is 6.42 Å². The van der Waals surface area contributed by atoms with E-state index in [1.54, 1.807) is 38.1 Å². The van der Waals surface area contributed by atoms with Gasteiger partial charge in [-0.2, -0.15) is 8.42 Å². The minimum atomic E-state index is -4.18. The van der Waals surface area contributed by atoms with E-state index in [4.69, 9.17) is 13.7 Å². The number of fused-ring (bicyclic) bond motifs is 7. The van der Waals surface area contributed by atoms with Crippen molar-refractivity contribution in [3.8, 4) is 0 Å². The third-order valence-corrected chi connectivity index (χ3v) is 11.8. The topological polar surface area (TPSA) is 116 Å².